The van der Waals surface area contributed by atoms with E-state index in [1.165, 1.54) is 12.8 Å². The van der Waals surface area contributed by atoms with Crippen molar-refractivity contribution in [3.05, 3.63) is 36.0 Å². The highest BCUT2D eigenvalue weighted by molar-refractivity contribution is 6.06. The number of fused-ring (bicyclic) bond motifs is 2. The van der Waals surface area contributed by atoms with Crippen molar-refractivity contribution in [3.8, 4) is 22.8 Å². The first-order valence-corrected chi connectivity index (χ1v) is 11.8. The Bertz CT molecular complexity index is 1170. The first kappa shape index (κ1) is 21.7. The molecule has 0 saturated carbocycles. The average molecular weight is 450 g/mol. The summed E-state index contributed by atoms with van der Waals surface area (Å²) in [4.78, 5) is 22.7. The van der Waals surface area contributed by atoms with Gasteiger partial charge in [-0.2, -0.15) is 5.10 Å². The normalized spacial score (nSPS) is 16.0. The number of likely N-dealkylation sites (tertiary alicyclic amines) is 1. The number of carbonyl (C=O) groups is 1. The third-order valence-corrected chi connectivity index (χ3v) is 6.42. The van der Waals surface area contributed by atoms with E-state index >= 15 is 0 Å². The van der Waals surface area contributed by atoms with E-state index in [9.17, 15) is 4.79 Å². The SMILES string of the molecule is CC(C)n1ncc2c(C(=O)N(C)CCN3CCCC3)cc(-c3ccc4c(c3)OCCO4)nc21. The van der Waals surface area contributed by atoms with Crippen LogP contribution in [0.4, 0.5) is 0 Å². The van der Waals surface area contributed by atoms with Gasteiger partial charge in [-0.1, -0.05) is 0 Å². The Kier molecular flexibility index (Phi) is 5.93. The van der Waals surface area contributed by atoms with Gasteiger partial charge in [0.1, 0.15) is 13.2 Å². The van der Waals surface area contributed by atoms with Crippen molar-refractivity contribution in [2.45, 2.75) is 32.7 Å². The summed E-state index contributed by atoms with van der Waals surface area (Å²) >= 11 is 0. The van der Waals surface area contributed by atoms with Crippen LogP contribution < -0.4 is 9.47 Å². The summed E-state index contributed by atoms with van der Waals surface area (Å²) in [5.74, 6) is 1.42. The third kappa shape index (κ3) is 4.27. The lowest BCUT2D eigenvalue weighted by molar-refractivity contribution is 0.0784. The second-order valence-electron chi connectivity index (χ2n) is 9.11. The summed E-state index contributed by atoms with van der Waals surface area (Å²) in [5.41, 5.74) is 2.94. The molecule has 2 aromatic heterocycles. The number of rotatable bonds is 6. The molecule has 3 aromatic rings. The van der Waals surface area contributed by atoms with Gasteiger partial charge in [-0.25, -0.2) is 9.67 Å². The second kappa shape index (κ2) is 9.02. The minimum absolute atomic E-state index is 0.0105. The van der Waals surface area contributed by atoms with Gasteiger partial charge in [0.2, 0.25) is 0 Å². The number of carbonyl (C=O) groups excluding carboxylic acids is 1. The van der Waals surface area contributed by atoms with E-state index < -0.39 is 0 Å². The van der Waals surface area contributed by atoms with Crippen LogP contribution in [0.25, 0.3) is 22.3 Å². The zero-order valence-electron chi connectivity index (χ0n) is 19.6. The molecule has 0 N–H and O–H groups in total. The quantitative estimate of drug-likeness (QED) is 0.572. The number of aromatic nitrogens is 3. The summed E-state index contributed by atoms with van der Waals surface area (Å²) < 4.78 is 13.3. The molecule has 5 rings (SSSR count). The highest BCUT2D eigenvalue weighted by Crippen LogP contribution is 2.35. The molecule has 8 nitrogen and oxygen atoms in total. The monoisotopic (exact) mass is 449 g/mol. The number of nitrogens with zero attached hydrogens (tertiary/aromatic N) is 5. The Balaban J connectivity index is 1.52. The lowest BCUT2D eigenvalue weighted by atomic mass is 10.1. The van der Waals surface area contributed by atoms with E-state index in [4.69, 9.17) is 14.5 Å². The van der Waals surface area contributed by atoms with E-state index in [0.29, 0.717) is 36.7 Å². The maximum atomic E-state index is 13.6. The molecule has 0 atom stereocenters. The van der Waals surface area contributed by atoms with Crippen molar-refractivity contribution in [2.75, 3.05) is 46.4 Å². The van der Waals surface area contributed by atoms with Crippen LogP contribution in [0.3, 0.4) is 0 Å². The van der Waals surface area contributed by atoms with Crippen molar-refractivity contribution in [1.29, 1.82) is 0 Å². The van der Waals surface area contributed by atoms with Gasteiger partial charge in [-0.15, -0.1) is 0 Å². The van der Waals surface area contributed by atoms with Gasteiger partial charge in [0.15, 0.2) is 17.1 Å². The standard InChI is InChI=1S/C25H31N5O3/c1-17(2)30-24-20(16-26-30)19(25(31)28(3)10-11-29-8-4-5-9-29)15-21(27-24)18-6-7-22-23(14-18)33-13-12-32-22/h6-7,14-17H,4-5,8-13H2,1-3H3. The van der Waals surface area contributed by atoms with E-state index in [0.717, 1.165) is 42.0 Å². The van der Waals surface area contributed by atoms with Crippen LogP contribution >= 0.6 is 0 Å². The fraction of sp³-hybridized carbons (Fsp3) is 0.480. The fourth-order valence-corrected chi connectivity index (χ4v) is 4.53. The van der Waals surface area contributed by atoms with Crippen LogP contribution in [0.1, 0.15) is 43.1 Å². The zero-order valence-corrected chi connectivity index (χ0v) is 19.6. The number of hydrogen-bond donors (Lipinski definition) is 0. The lowest BCUT2D eigenvalue weighted by Gasteiger charge is -2.22. The van der Waals surface area contributed by atoms with E-state index in [1.807, 2.05) is 40.9 Å². The van der Waals surface area contributed by atoms with Gasteiger partial charge in [0, 0.05) is 31.7 Å². The smallest absolute Gasteiger partial charge is 0.254 e. The topological polar surface area (TPSA) is 72.7 Å². The molecule has 174 valence electrons. The predicted octanol–water partition coefficient (Wildman–Crippen LogP) is 3.62. The molecule has 1 saturated heterocycles. The Labute approximate surface area is 194 Å². The minimum Gasteiger partial charge on any atom is -0.486 e. The van der Waals surface area contributed by atoms with Gasteiger partial charge < -0.3 is 19.3 Å². The van der Waals surface area contributed by atoms with Gasteiger partial charge in [-0.05, 0) is 64.0 Å². The van der Waals surface area contributed by atoms with Gasteiger partial charge in [0.25, 0.3) is 5.91 Å². The number of likely N-dealkylation sites (N-methyl/N-ethyl adjacent to an activating group) is 1. The summed E-state index contributed by atoms with van der Waals surface area (Å²) in [7, 11) is 1.88. The van der Waals surface area contributed by atoms with Gasteiger partial charge in [0.05, 0.1) is 22.8 Å². The molecule has 0 aliphatic carbocycles. The van der Waals surface area contributed by atoms with Crippen LogP contribution in [-0.2, 0) is 0 Å². The molecule has 1 aromatic carbocycles. The van der Waals surface area contributed by atoms with Crippen molar-refractivity contribution in [1.82, 2.24) is 24.6 Å². The molecule has 33 heavy (non-hydrogen) atoms. The Hall–Kier alpha value is -3.13. The Morgan fingerprint density at radius 1 is 1.12 bits per heavy atom. The maximum absolute atomic E-state index is 13.6. The third-order valence-electron chi connectivity index (χ3n) is 6.42. The minimum atomic E-state index is -0.0105. The van der Waals surface area contributed by atoms with Crippen LogP contribution in [0.2, 0.25) is 0 Å². The molecule has 0 radical (unpaired) electrons. The first-order valence-electron chi connectivity index (χ1n) is 11.8. The number of pyridine rings is 1. The molecular formula is C25H31N5O3. The highest BCUT2D eigenvalue weighted by Gasteiger charge is 2.22. The molecule has 2 aliphatic rings. The van der Waals surface area contributed by atoms with E-state index in [1.54, 1.807) is 6.20 Å². The predicted molar refractivity (Wildman–Crippen MR) is 127 cm³/mol. The molecule has 2 aliphatic heterocycles. The molecule has 1 amide bonds. The summed E-state index contributed by atoms with van der Waals surface area (Å²) in [6.45, 7) is 9.04. The maximum Gasteiger partial charge on any atom is 0.254 e. The number of hydrogen-bond acceptors (Lipinski definition) is 6. The molecule has 1 fully saturated rings. The average Bonchev–Trinajstić information content (AvgIpc) is 3.51. The fourth-order valence-electron chi connectivity index (χ4n) is 4.53. The Morgan fingerprint density at radius 3 is 2.64 bits per heavy atom. The second-order valence-corrected chi connectivity index (χ2v) is 9.11. The number of ether oxygens (including phenoxy) is 2. The van der Waals surface area contributed by atoms with E-state index in [-0.39, 0.29) is 11.9 Å². The van der Waals surface area contributed by atoms with Gasteiger partial charge in [-0.3, -0.25) is 4.79 Å². The van der Waals surface area contributed by atoms with Crippen molar-refractivity contribution < 1.29 is 14.3 Å². The van der Waals surface area contributed by atoms with Crippen LogP contribution in [-0.4, -0.2) is 76.9 Å². The molecule has 0 spiro atoms. The number of benzene rings is 1. The summed E-state index contributed by atoms with van der Waals surface area (Å²) in [6.07, 6.45) is 4.25. The lowest BCUT2D eigenvalue weighted by Crippen LogP contribution is -2.35. The summed E-state index contributed by atoms with van der Waals surface area (Å²) in [5, 5.41) is 5.32. The van der Waals surface area contributed by atoms with Gasteiger partial charge >= 0.3 is 0 Å². The molecule has 4 heterocycles. The molecule has 8 heteroatoms. The van der Waals surface area contributed by atoms with Crippen LogP contribution in [0.15, 0.2) is 30.5 Å². The summed E-state index contributed by atoms with van der Waals surface area (Å²) in [6, 6.07) is 7.81. The largest absolute Gasteiger partial charge is 0.486 e. The first-order chi connectivity index (χ1) is 16.0. The molecule has 0 unspecified atom stereocenters. The highest BCUT2D eigenvalue weighted by atomic mass is 16.6. The Morgan fingerprint density at radius 2 is 1.88 bits per heavy atom. The van der Waals surface area contributed by atoms with Crippen LogP contribution in [0.5, 0.6) is 11.5 Å². The molecule has 0 bridgehead atoms. The van der Waals surface area contributed by atoms with Crippen molar-refractivity contribution in [3.63, 3.8) is 0 Å². The zero-order chi connectivity index (χ0) is 22.9. The van der Waals surface area contributed by atoms with Crippen LogP contribution in [0, 0.1) is 0 Å². The molecular weight excluding hydrogens is 418 g/mol. The van der Waals surface area contributed by atoms with Crippen molar-refractivity contribution >= 4 is 16.9 Å². The van der Waals surface area contributed by atoms with E-state index in [2.05, 4.69) is 23.8 Å². The van der Waals surface area contributed by atoms with Crippen molar-refractivity contribution in [2.24, 2.45) is 0 Å². The number of amides is 1.